The number of aromatic nitrogens is 2. The van der Waals surface area contributed by atoms with Crippen molar-refractivity contribution in [1.29, 1.82) is 0 Å². The van der Waals surface area contributed by atoms with E-state index in [1.165, 1.54) is 28.9 Å². The van der Waals surface area contributed by atoms with Crippen LogP contribution in [0.3, 0.4) is 0 Å². The van der Waals surface area contributed by atoms with Gasteiger partial charge in [-0.1, -0.05) is 6.07 Å². The van der Waals surface area contributed by atoms with Crippen LogP contribution in [-0.2, 0) is 16.6 Å². The van der Waals surface area contributed by atoms with Crippen molar-refractivity contribution in [3.63, 3.8) is 0 Å². The van der Waals surface area contributed by atoms with Crippen molar-refractivity contribution in [2.24, 2.45) is 5.14 Å². The molecule has 0 atom stereocenters. The summed E-state index contributed by atoms with van der Waals surface area (Å²) in [5, 5.41) is 28.3. The fourth-order valence-corrected chi connectivity index (χ4v) is 2.89. The maximum Gasteiger partial charge on any atom is 0.238 e. The SMILES string of the molecule is NS(=O)(=O)c1cccc(-n2nc(CO)cc2-c2ccc(O)cc2)c1. The first kappa shape index (κ1) is 16.2. The monoisotopic (exact) mass is 345 g/mol. The van der Waals surface area contributed by atoms with Gasteiger partial charge in [0.15, 0.2) is 0 Å². The number of benzene rings is 2. The van der Waals surface area contributed by atoms with Crippen LogP contribution in [0.15, 0.2) is 59.5 Å². The minimum absolute atomic E-state index is 0.0299. The van der Waals surface area contributed by atoms with Crippen molar-refractivity contribution in [1.82, 2.24) is 9.78 Å². The molecule has 0 aliphatic heterocycles. The highest BCUT2D eigenvalue weighted by molar-refractivity contribution is 7.89. The van der Waals surface area contributed by atoms with E-state index in [2.05, 4.69) is 5.10 Å². The van der Waals surface area contributed by atoms with Gasteiger partial charge < -0.3 is 10.2 Å². The zero-order chi connectivity index (χ0) is 17.3. The molecule has 3 rings (SSSR count). The quantitative estimate of drug-likeness (QED) is 0.660. The summed E-state index contributed by atoms with van der Waals surface area (Å²) in [7, 11) is -3.84. The first-order valence-electron chi connectivity index (χ1n) is 7.01. The Morgan fingerprint density at radius 1 is 1.08 bits per heavy atom. The number of primary sulfonamides is 1. The number of hydrogen-bond donors (Lipinski definition) is 3. The molecule has 0 bridgehead atoms. The second-order valence-corrected chi connectivity index (χ2v) is 6.74. The number of aliphatic hydroxyl groups excluding tert-OH is 1. The van der Waals surface area contributed by atoms with Gasteiger partial charge in [0.1, 0.15) is 5.75 Å². The lowest BCUT2D eigenvalue weighted by molar-refractivity contribution is 0.276. The van der Waals surface area contributed by atoms with Crippen LogP contribution in [0, 0.1) is 0 Å². The molecule has 7 nitrogen and oxygen atoms in total. The number of nitrogens with zero attached hydrogens (tertiary/aromatic N) is 2. The van der Waals surface area contributed by atoms with E-state index in [4.69, 9.17) is 5.14 Å². The van der Waals surface area contributed by atoms with E-state index in [-0.39, 0.29) is 17.3 Å². The van der Waals surface area contributed by atoms with Gasteiger partial charge in [-0.15, -0.1) is 0 Å². The minimum Gasteiger partial charge on any atom is -0.508 e. The van der Waals surface area contributed by atoms with Gasteiger partial charge in [-0.25, -0.2) is 18.2 Å². The molecule has 0 saturated carbocycles. The predicted molar refractivity (Wildman–Crippen MR) is 88.0 cm³/mol. The smallest absolute Gasteiger partial charge is 0.238 e. The zero-order valence-corrected chi connectivity index (χ0v) is 13.3. The average Bonchev–Trinajstić information content (AvgIpc) is 2.99. The second-order valence-electron chi connectivity index (χ2n) is 5.18. The Bertz CT molecular complexity index is 979. The molecule has 0 aliphatic rings. The van der Waals surface area contributed by atoms with Crippen LogP contribution < -0.4 is 5.14 Å². The zero-order valence-electron chi connectivity index (χ0n) is 12.5. The van der Waals surface area contributed by atoms with Gasteiger partial charge >= 0.3 is 0 Å². The van der Waals surface area contributed by atoms with E-state index in [9.17, 15) is 18.6 Å². The summed E-state index contributed by atoms with van der Waals surface area (Å²) in [6, 6.07) is 14.2. The second kappa shape index (κ2) is 6.08. The third-order valence-corrected chi connectivity index (χ3v) is 4.39. The number of aliphatic hydroxyl groups is 1. The lowest BCUT2D eigenvalue weighted by Crippen LogP contribution is -2.12. The number of hydrogen-bond acceptors (Lipinski definition) is 5. The third kappa shape index (κ3) is 3.16. The topological polar surface area (TPSA) is 118 Å². The van der Waals surface area contributed by atoms with E-state index in [1.807, 2.05) is 0 Å². The Morgan fingerprint density at radius 3 is 2.42 bits per heavy atom. The first-order chi connectivity index (χ1) is 11.4. The number of phenolic OH excluding ortho intramolecular Hbond substituents is 1. The van der Waals surface area contributed by atoms with Crippen LogP contribution in [0.4, 0.5) is 0 Å². The van der Waals surface area contributed by atoms with Gasteiger partial charge in [-0.2, -0.15) is 5.10 Å². The molecule has 3 aromatic rings. The van der Waals surface area contributed by atoms with Crippen LogP contribution in [0.2, 0.25) is 0 Å². The number of phenols is 1. The summed E-state index contributed by atoms with van der Waals surface area (Å²) in [6.45, 7) is -0.257. The summed E-state index contributed by atoms with van der Waals surface area (Å²) in [6.07, 6.45) is 0. The third-order valence-electron chi connectivity index (χ3n) is 3.48. The number of rotatable bonds is 4. The van der Waals surface area contributed by atoms with Crippen molar-refractivity contribution < 1.29 is 18.6 Å². The molecular formula is C16H15N3O4S. The average molecular weight is 345 g/mol. The molecular weight excluding hydrogens is 330 g/mol. The van der Waals surface area contributed by atoms with E-state index < -0.39 is 10.0 Å². The van der Waals surface area contributed by atoms with Gasteiger partial charge in [-0.05, 0) is 48.5 Å². The molecule has 124 valence electrons. The summed E-state index contributed by atoms with van der Waals surface area (Å²) in [5.41, 5.74) is 2.31. The molecule has 0 aliphatic carbocycles. The fourth-order valence-electron chi connectivity index (χ4n) is 2.33. The molecule has 0 fully saturated rings. The van der Waals surface area contributed by atoms with Gasteiger partial charge in [0.25, 0.3) is 0 Å². The maximum absolute atomic E-state index is 11.6. The molecule has 0 spiro atoms. The summed E-state index contributed by atoms with van der Waals surface area (Å²) in [5.74, 6) is 0.128. The molecule has 0 saturated heterocycles. The summed E-state index contributed by atoms with van der Waals surface area (Å²) in [4.78, 5) is -0.0299. The van der Waals surface area contributed by atoms with E-state index >= 15 is 0 Å². The largest absolute Gasteiger partial charge is 0.508 e. The standard InChI is InChI=1S/C16H15N3O4S/c17-24(22,23)15-3-1-2-13(9-15)19-16(8-12(10-20)18-19)11-4-6-14(21)7-5-11/h1-9,20-21H,10H2,(H2,17,22,23). The van der Waals surface area contributed by atoms with Gasteiger partial charge in [0.05, 0.1) is 28.6 Å². The highest BCUT2D eigenvalue weighted by Crippen LogP contribution is 2.26. The molecule has 0 amide bonds. The summed E-state index contributed by atoms with van der Waals surface area (Å²) < 4.78 is 24.6. The fraction of sp³-hybridized carbons (Fsp3) is 0.0625. The highest BCUT2D eigenvalue weighted by Gasteiger charge is 2.14. The van der Waals surface area contributed by atoms with E-state index in [0.29, 0.717) is 17.1 Å². The lowest BCUT2D eigenvalue weighted by atomic mass is 10.1. The van der Waals surface area contributed by atoms with Crippen LogP contribution >= 0.6 is 0 Å². The molecule has 0 radical (unpaired) electrons. The normalized spacial score (nSPS) is 11.6. The molecule has 1 heterocycles. The van der Waals surface area contributed by atoms with Gasteiger partial charge in [0, 0.05) is 5.56 Å². The van der Waals surface area contributed by atoms with E-state index in [0.717, 1.165) is 5.56 Å². The lowest BCUT2D eigenvalue weighted by Gasteiger charge is -2.09. The van der Waals surface area contributed by atoms with Crippen molar-refractivity contribution in [3.8, 4) is 22.7 Å². The van der Waals surface area contributed by atoms with Crippen molar-refractivity contribution in [3.05, 3.63) is 60.3 Å². The molecule has 2 aromatic carbocycles. The van der Waals surface area contributed by atoms with Gasteiger partial charge in [0.2, 0.25) is 10.0 Å². The van der Waals surface area contributed by atoms with Crippen molar-refractivity contribution >= 4 is 10.0 Å². The number of aromatic hydroxyl groups is 1. The molecule has 4 N–H and O–H groups in total. The predicted octanol–water partition coefficient (Wildman–Crippen LogP) is 1.38. The molecule has 24 heavy (non-hydrogen) atoms. The molecule has 0 unspecified atom stereocenters. The van der Waals surface area contributed by atoms with Crippen LogP contribution in [0.5, 0.6) is 5.75 Å². The Balaban J connectivity index is 2.18. The number of sulfonamides is 1. The Kier molecular flexibility index (Phi) is 4.10. The Labute approximate surface area is 138 Å². The van der Waals surface area contributed by atoms with Crippen LogP contribution in [0.1, 0.15) is 5.69 Å². The molecule has 8 heteroatoms. The summed E-state index contributed by atoms with van der Waals surface area (Å²) >= 11 is 0. The Morgan fingerprint density at radius 2 is 1.79 bits per heavy atom. The van der Waals surface area contributed by atoms with Crippen molar-refractivity contribution in [2.45, 2.75) is 11.5 Å². The van der Waals surface area contributed by atoms with Crippen LogP contribution in [0.25, 0.3) is 16.9 Å². The van der Waals surface area contributed by atoms with Crippen molar-refractivity contribution in [2.75, 3.05) is 0 Å². The van der Waals surface area contributed by atoms with E-state index in [1.54, 1.807) is 30.3 Å². The highest BCUT2D eigenvalue weighted by atomic mass is 32.2. The number of nitrogens with two attached hydrogens (primary N) is 1. The maximum atomic E-state index is 11.6. The first-order valence-corrected chi connectivity index (χ1v) is 8.55. The van der Waals surface area contributed by atoms with Crippen LogP contribution in [-0.4, -0.2) is 28.4 Å². The minimum atomic E-state index is -3.84. The molecule has 1 aromatic heterocycles. The van der Waals surface area contributed by atoms with Gasteiger partial charge in [-0.3, -0.25) is 0 Å². The Hall–Kier alpha value is -2.68.